The van der Waals surface area contributed by atoms with Crippen LogP contribution in [0.4, 0.5) is 10.5 Å². The number of carbonyl (C=O) groups is 2. The van der Waals surface area contributed by atoms with E-state index in [1.807, 2.05) is 0 Å². The highest BCUT2D eigenvalue weighted by atomic mass is 16.4. The van der Waals surface area contributed by atoms with Gasteiger partial charge in [0.2, 0.25) is 0 Å². The molecule has 114 valence electrons. The quantitative estimate of drug-likeness (QED) is 0.798. The molecule has 1 heterocycles. The van der Waals surface area contributed by atoms with E-state index >= 15 is 0 Å². The summed E-state index contributed by atoms with van der Waals surface area (Å²) in [6.07, 6.45) is 9.45. The van der Waals surface area contributed by atoms with Crippen molar-refractivity contribution < 1.29 is 14.7 Å². The molecule has 1 aliphatic carbocycles. The van der Waals surface area contributed by atoms with Crippen LogP contribution >= 0.6 is 0 Å². The highest BCUT2D eigenvalue weighted by molar-refractivity contribution is 5.90. The van der Waals surface area contributed by atoms with Gasteiger partial charge in [-0.15, -0.1) is 0 Å². The summed E-state index contributed by atoms with van der Waals surface area (Å²) in [5.74, 6) is -1.08. The van der Waals surface area contributed by atoms with Gasteiger partial charge in [0.1, 0.15) is 5.69 Å². The Balaban J connectivity index is 1.84. The number of carboxylic acids is 1. The molecule has 0 bridgehead atoms. The Morgan fingerprint density at radius 3 is 2.33 bits per heavy atom. The standard InChI is InChI=1S/C15H21N3O3/c19-14(20)13-9-8-12(10-16-13)18-15(21)17-11-6-4-2-1-3-5-7-11/h8-11H,1-7H2,(H,19,20)(H2,17,18,21). The molecule has 0 atom stereocenters. The van der Waals surface area contributed by atoms with Gasteiger partial charge in [-0.3, -0.25) is 0 Å². The summed E-state index contributed by atoms with van der Waals surface area (Å²) < 4.78 is 0. The molecule has 0 aromatic carbocycles. The van der Waals surface area contributed by atoms with Crippen LogP contribution in [-0.4, -0.2) is 28.1 Å². The van der Waals surface area contributed by atoms with E-state index in [0.717, 1.165) is 25.7 Å². The molecule has 1 aromatic heterocycles. The van der Waals surface area contributed by atoms with Crippen molar-refractivity contribution in [3.05, 3.63) is 24.0 Å². The van der Waals surface area contributed by atoms with Crippen LogP contribution in [0.1, 0.15) is 55.4 Å². The topological polar surface area (TPSA) is 91.3 Å². The van der Waals surface area contributed by atoms with Gasteiger partial charge in [-0.1, -0.05) is 32.1 Å². The monoisotopic (exact) mass is 291 g/mol. The molecule has 0 saturated heterocycles. The predicted octanol–water partition coefficient (Wildman–Crippen LogP) is 3.01. The van der Waals surface area contributed by atoms with Crippen molar-refractivity contribution in [1.29, 1.82) is 0 Å². The van der Waals surface area contributed by atoms with Crippen LogP contribution in [0.5, 0.6) is 0 Å². The lowest BCUT2D eigenvalue weighted by Gasteiger charge is -2.21. The molecule has 1 aliphatic rings. The van der Waals surface area contributed by atoms with E-state index in [4.69, 9.17) is 5.11 Å². The summed E-state index contributed by atoms with van der Waals surface area (Å²) in [6.45, 7) is 0. The largest absolute Gasteiger partial charge is 0.477 e. The van der Waals surface area contributed by atoms with E-state index in [1.54, 1.807) is 0 Å². The van der Waals surface area contributed by atoms with E-state index in [1.165, 1.54) is 37.6 Å². The molecule has 6 heteroatoms. The van der Waals surface area contributed by atoms with Crippen LogP contribution in [0, 0.1) is 0 Å². The third-order valence-electron chi connectivity index (χ3n) is 3.68. The van der Waals surface area contributed by atoms with E-state index in [0.29, 0.717) is 5.69 Å². The Labute approximate surface area is 124 Å². The number of nitrogens with zero attached hydrogens (tertiary/aromatic N) is 1. The van der Waals surface area contributed by atoms with Gasteiger partial charge in [-0.2, -0.15) is 0 Å². The van der Waals surface area contributed by atoms with Gasteiger partial charge in [-0.25, -0.2) is 14.6 Å². The molecule has 2 rings (SSSR count). The van der Waals surface area contributed by atoms with E-state index in [-0.39, 0.29) is 17.8 Å². The molecule has 0 unspecified atom stereocenters. The molecule has 0 radical (unpaired) electrons. The molecule has 6 nitrogen and oxygen atoms in total. The van der Waals surface area contributed by atoms with Gasteiger partial charge in [0.25, 0.3) is 0 Å². The summed E-state index contributed by atoms with van der Waals surface area (Å²) in [6, 6.07) is 2.86. The maximum absolute atomic E-state index is 11.9. The van der Waals surface area contributed by atoms with Crippen molar-refractivity contribution in [3.8, 4) is 0 Å². The summed E-state index contributed by atoms with van der Waals surface area (Å²) >= 11 is 0. The molecule has 1 aromatic rings. The number of pyridine rings is 1. The fourth-order valence-electron chi connectivity index (χ4n) is 2.55. The van der Waals surface area contributed by atoms with Crippen molar-refractivity contribution in [2.75, 3.05) is 5.32 Å². The lowest BCUT2D eigenvalue weighted by atomic mass is 9.97. The number of hydrogen-bond acceptors (Lipinski definition) is 3. The Morgan fingerprint density at radius 2 is 1.76 bits per heavy atom. The van der Waals surface area contributed by atoms with Crippen molar-refractivity contribution in [2.24, 2.45) is 0 Å². The zero-order valence-corrected chi connectivity index (χ0v) is 12.0. The Hall–Kier alpha value is -2.11. The van der Waals surface area contributed by atoms with Gasteiger partial charge in [-0.05, 0) is 25.0 Å². The third kappa shape index (κ3) is 5.06. The summed E-state index contributed by atoms with van der Waals surface area (Å²) in [5.41, 5.74) is 0.448. The smallest absolute Gasteiger partial charge is 0.354 e. The zero-order valence-electron chi connectivity index (χ0n) is 12.0. The molecular formula is C15H21N3O3. The maximum Gasteiger partial charge on any atom is 0.354 e. The van der Waals surface area contributed by atoms with E-state index < -0.39 is 5.97 Å². The van der Waals surface area contributed by atoms with Crippen LogP contribution in [0.2, 0.25) is 0 Å². The number of hydrogen-bond donors (Lipinski definition) is 3. The maximum atomic E-state index is 11.9. The number of anilines is 1. The molecule has 3 N–H and O–H groups in total. The Bertz CT molecular complexity index is 479. The number of urea groups is 1. The Morgan fingerprint density at radius 1 is 1.10 bits per heavy atom. The number of aromatic nitrogens is 1. The van der Waals surface area contributed by atoms with Gasteiger partial charge in [0.15, 0.2) is 0 Å². The van der Waals surface area contributed by atoms with Gasteiger partial charge in [0, 0.05) is 6.04 Å². The summed E-state index contributed by atoms with van der Waals surface area (Å²) in [4.78, 5) is 26.4. The third-order valence-corrected chi connectivity index (χ3v) is 3.68. The minimum Gasteiger partial charge on any atom is -0.477 e. The SMILES string of the molecule is O=C(Nc1ccc(C(=O)O)nc1)NC1CCCCCCC1. The molecule has 21 heavy (non-hydrogen) atoms. The first-order valence-corrected chi connectivity index (χ1v) is 7.42. The Kier molecular flexibility index (Phi) is 5.54. The lowest BCUT2D eigenvalue weighted by molar-refractivity contribution is 0.0690. The van der Waals surface area contributed by atoms with E-state index in [2.05, 4.69) is 15.6 Å². The van der Waals surface area contributed by atoms with Crippen LogP contribution in [0.3, 0.4) is 0 Å². The van der Waals surface area contributed by atoms with Gasteiger partial charge >= 0.3 is 12.0 Å². The summed E-state index contributed by atoms with van der Waals surface area (Å²) in [7, 11) is 0. The van der Waals surface area contributed by atoms with Crippen LogP contribution in [0.15, 0.2) is 18.3 Å². The first kappa shape index (κ1) is 15.3. The lowest BCUT2D eigenvalue weighted by Crippen LogP contribution is -2.38. The fourth-order valence-corrected chi connectivity index (χ4v) is 2.55. The highest BCUT2D eigenvalue weighted by Gasteiger charge is 2.14. The number of nitrogens with one attached hydrogen (secondary N) is 2. The number of carboxylic acid groups (broad SMARTS) is 1. The second-order valence-electron chi connectivity index (χ2n) is 5.38. The molecule has 0 spiro atoms. The van der Waals surface area contributed by atoms with Crippen LogP contribution in [0.25, 0.3) is 0 Å². The molecule has 0 aliphatic heterocycles. The van der Waals surface area contributed by atoms with E-state index in [9.17, 15) is 9.59 Å². The molecule has 2 amide bonds. The normalized spacial score (nSPS) is 16.6. The molecule has 1 fully saturated rings. The van der Waals surface area contributed by atoms with Crippen molar-refractivity contribution in [1.82, 2.24) is 10.3 Å². The van der Waals surface area contributed by atoms with Crippen LogP contribution < -0.4 is 10.6 Å². The number of rotatable bonds is 3. The number of aromatic carboxylic acids is 1. The minimum absolute atomic E-state index is 0.0408. The fraction of sp³-hybridized carbons (Fsp3) is 0.533. The highest BCUT2D eigenvalue weighted by Crippen LogP contribution is 2.17. The second kappa shape index (κ2) is 7.61. The van der Waals surface area contributed by atoms with Crippen molar-refractivity contribution in [2.45, 2.75) is 51.0 Å². The first-order valence-electron chi connectivity index (χ1n) is 7.42. The second-order valence-corrected chi connectivity index (χ2v) is 5.38. The van der Waals surface area contributed by atoms with Crippen molar-refractivity contribution >= 4 is 17.7 Å². The average molecular weight is 291 g/mol. The number of carbonyl (C=O) groups excluding carboxylic acids is 1. The van der Waals surface area contributed by atoms with Crippen molar-refractivity contribution in [3.63, 3.8) is 0 Å². The molecule has 1 saturated carbocycles. The van der Waals surface area contributed by atoms with Gasteiger partial charge in [0.05, 0.1) is 11.9 Å². The minimum atomic E-state index is -1.08. The number of amides is 2. The molecular weight excluding hydrogens is 270 g/mol. The summed E-state index contributed by atoms with van der Waals surface area (Å²) in [5, 5.41) is 14.4. The van der Waals surface area contributed by atoms with Crippen LogP contribution in [-0.2, 0) is 0 Å². The predicted molar refractivity (Wildman–Crippen MR) is 79.5 cm³/mol. The van der Waals surface area contributed by atoms with Gasteiger partial charge < -0.3 is 15.7 Å². The first-order chi connectivity index (χ1) is 10.1. The zero-order chi connectivity index (χ0) is 15.1. The average Bonchev–Trinajstić information content (AvgIpc) is 2.42.